The Kier molecular flexibility index (Phi) is 8.69. The minimum atomic E-state index is -3.75. The first kappa shape index (κ1) is 25.7. The maximum Gasteiger partial charge on any atom is 0.244 e. The van der Waals surface area contributed by atoms with Crippen molar-refractivity contribution in [3.63, 3.8) is 0 Å². The van der Waals surface area contributed by atoms with E-state index in [4.69, 9.17) is 11.6 Å². The van der Waals surface area contributed by atoms with Gasteiger partial charge in [0, 0.05) is 17.6 Å². The van der Waals surface area contributed by atoms with Crippen LogP contribution in [-0.4, -0.2) is 50.0 Å². The van der Waals surface area contributed by atoms with Gasteiger partial charge in [0.1, 0.15) is 12.6 Å². The molecule has 1 N–H and O–H groups in total. The van der Waals surface area contributed by atoms with Gasteiger partial charge in [-0.2, -0.15) is 0 Å². The van der Waals surface area contributed by atoms with Gasteiger partial charge in [-0.15, -0.1) is 0 Å². The topological polar surface area (TPSA) is 86.8 Å². The van der Waals surface area contributed by atoms with Gasteiger partial charge in [-0.3, -0.25) is 13.9 Å². The van der Waals surface area contributed by atoms with Crippen LogP contribution in [0.3, 0.4) is 0 Å². The van der Waals surface area contributed by atoms with E-state index in [1.807, 2.05) is 20.8 Å². The number of hydrogen-bond acceptors (Lipinski definition) is 4. The van der Waals surface area contributed by atoms with E-state index >= 15 is 0 Å². The molecule has 0 heterocycles. The number of carbonyl (C=O) groups excluding carboxylic acids is 2. The van der Waals surface area contributed by atoms with Crippen LogP contribution in [0.1, 0.15) is 31.9 Å². The molecule has 0 fully saturated rings. The summed E-state index contributed by atoms with van der Waals surface area (Å²) in [6.07, 6.45) is 1.05. The fraction of sp³-hybridized carbons (Fsp3) is 0.391. The Morgan fingerprint density at radius 2 is 1.62 bits per heavy atom. The molecule has 2 rings (SSSR count). The number of nitrogens with one attached hydrogen (secondary N) is 1. The summed E-state index contributed by atoms with van der Waals surface area (Å²) < 4.78 is 26.0. The summed E-state index contributed by atoms with van der Waals surface area (Å²) >= 11 is 6.29. The number of amides is 2. The number of aryl methyl sites for hydroxylation is 1. The number of anilines is 1. The van der Waals surface area contributed by atoms with Crippen LogP contribution < -0.4 is 9.62 Å². The Balaban J connectivity index is 2.39. The third-order valence-corrected chi connectivity index (χ3v) is 6.41. The van der Waals surface area contributed by atoms with Crippen molar-refractivity contribution in [2.75, 3.05) is 17.1 Å². The van der Waals surface area contributed by atoms with Crippen LogP contribution in [0, 0.1) is 6.92 Å². The van der Waals surface area contributed by atoms with Gasteiger partial charge >= 0.3 is 0 Å². The van der Waals surface area contributed by atoms with Crippen LogP contribution >= 0.6 is 11.6 Å². The first-order valence-electron chi connectivity index (χ1n) is 10.3. The van der Waals surface area contributed by atoms with Gasteiger partial charge in [0.15, 0.2) is 0 Å². The number of benzene rings is 2. The smallest absolute Gasteiger partial charge is 0.244 e. The molecule has 7 nitrogen and oxygen atoms in total. The predicted molar refractivity (Wildman–Crippen MR) is 128 cm³/mol. The van der Waals surface area contributed by atoms with E-state index in [2.05, 4.69) is 5.32 Å². The Morgan fingerprint density at radius 3 is 2.16 bits per heavy atom. The van der Waals surface area contributed by atoms with E-state index in [0.29, 0.717) is 16.3 Å². The van der Waals surface area contributed by atoms with Crippen molar-refractivity contribution < 1.29 is 18.0 Å². The van der Waals surface area contributed by atoms with Gasteiger partial charge in [0.25, 0.3) is 0 Å². The number of hydrogen-bond donors (Lipinski definition) is 1. The second-order valence-electron chi connectivity index (χ2n) is 8.06. The van der Waals surface area contributed by atoms with E-state index in [1.165, 1.54) is 4.90 Å². The maximum atomic E-state index is 13.4. The second kappa shape index (κ2) is 10.8. The minimum Gasteiger partial charge on any atom is -0.352 e. The van der Waals surface area contributed by atoms with Gasteiger partial charge in [0.05, 0.1) is 11.9 Å². The second-order valence-corrected chi connectivity index (χ2v) is 10.4. The minimum absolute atomic E-state index is 0.0662. The summed E-state index contributed by atoms with van der Waals surface area (Å²) in [5.41, 5.74) is 2.00. The molecule has 0 aliphatic heterocycles. The summed E-state index contributed by atoms with van der Waals surface area (Å²) in [5, 5.41) is 3.26. The number of rotatable bonds is 9. The molecule has 0 saturated carbocycles. The Hall–Kier alpha value is -2.58. The summed E-state index contributed by atoms with van der Waals surface area (Å²) in [6, 6.07) is 12.9. The molecule has 2 aromatic carbocycles. The van der Waals surface area contributed by atoms with Crippen LogP contribution in [0.2, 0.25) is 5.02 Å². The summed E-state index contributed by atoms with van der Waals surface area (Å²) in [5.74, 6) is -0.844. The molecule has 9 heteroatoms. The molecular weight excluding hydrogens is 450 g/mol. The lowest BCUT2D eigenvalue weighted by Crippen LogP contribution is -2.52. The van der Waals surface area contributed by atoms with Crippen LogP contribution in [0.15, 0.2) is 48.5 Å². The largest absolute Gasteiger partial charge is 0.352 e. The highest BCUT2D eigenvalue weighted by molar-refractivity contribution is 7.92. The number of halogens is 1. The van der Waals surface area contributed by atoms with Crippen molar-refractivity contribution in [2.45, 2.75) is 46.3 Å². The predicted octanol–water partition coefficient (Wildman–Crippen LogP) is 3.36. The number of carbonyl (C=O) groups is 2. The van der Waals surface area contributed by atoms with Crippen LogP contribution in [0.5, 0.6) is 0 Å². The Morgan fingerprint density at radius 1 is 1.03 bits per heavy atom. The van der Waals surface area contributed by atoms with Gasteiger partial charge in [0.2, 0.25) is 21.8 Å². The molecule has 0 unspecified atom stereocenters. The first-order valence-corrected chi connectivity index (χ1v) is 12.5. The molecule has 0 radical (unpaired) electrons. The van der Waals surface area contributed by atoms with Crippen LogP contribution in [0.25, 0.3) is 0 Å². The molecule has 1 atom stereocenters. The van der Waals surface area contributed by atoms with Gasteiger partial charge in [-0.1, -0.05) is 47.5 Å². The standard InChI is InChI=1S/C23H30ClN3O4S/c1-16(2)25-23(29)18(4)26(14-19-8-6-7-9-21(19)24)22(28)15-27(32(5,30)31)20-12-10-17(3)11-13-20/h6-13,16,18H,14-15H2,1-5H3,(H,25,29)/t18-/m0/s1. The van der Waals surface area contributed by atoms with Crippen LogP contribution in [-0.2, 0) is 26.2 Å². The third kappa shape index (κ3) is 6.97. The average Bonchev–Trinajstić information content (AvgIpc) is 2.70. The molecular formula is C23H30ClN3O4S. The van der Waals surface area contributed by atoms with E-state index < -0.39 is 28.5 Å². The lowest BCUT2D eigenvalue weighted by atomic mass is 10.1. The van der Waals surface area contributed by atoms with Crippen molar-refractivity contribution in [3.8, 4) is 0 Å². The lowest BCUT2D eigenvalue weighted by Gasteiger charge is -2.32. The van der Waals surface area contributed by atoms with Crippen molar-refractivity contribution in [3.05, 3.63) is 64.7 Å². The van der Waals surface area contributed by atoms with E-state index in [1.54, 1.807) is 55.5 Å². The molecule has 0 aliphatic carbocycles. The van der Waals surface area contributed by atoms with Crippen molar-refractivity contribution >= 4 is 39.1 Å². The number of nitrogens with zero attached hydrogens (tertiary/aromatic N) is 2. The monoisotopic (exact) mass is 479 g/mol. The van der Waals surface area contributed by atoms with E-state index in [9.17, 15) is 18.0 Å². The Labute approximate surface area is 195 Å². The van der Waals surface area contributed by atoms with Crippen molar-refractivity contribution in [2.24, 2.45) is 0 Å². The van der Waals surface area contributed by atoms with Crippen molar-refractivity contribution in [1.82, 2.24) is 10.2 Å². The molecule has 32 heavy (non-hydrogen) atoms. The molecule has 0 saturated heterocycles. The Bertz CT molecular complexity index is 1060. The molecule has 0 aromatic heterocycles. The molecule has 174 valence electrons. The molecule has 2 amide bonds. The quantitative estimate of drug-likeness (QED) is 0.597. The zero-order valence-corrected chi connectivity index (χ0v) is 20.6. The van der Waals surface area contributed by atoms with Gasteiger partial charge < -0.3 is 10.2 Å². The van der Waals surface area contributed by atoms with Crippen LogP contribution in [0.4, 0.5) is 5.69 Å². The molecule has 0 aliphatic rings. The zero-order chi connectivity index (χ0) is 24.1. The zero-order valence-electron chi connectivity index (χ0n) is 19.0. The fourth-order valence-corrected chi connectivity index (χ4v) is 4.17. The summed E-state index contributed by atoms with van der Waals surface area (Å²) in [6.45, 7) is 6.78. The highest BCUT2D eigenvalue weighted by Crippen LogP contribution is 2.21. The number of sulfonamides is 1. The molecule has 0 bridgehead atoms. The lowest BCUT2D eigenvalue weighted by molar-refractivity contribution is -0.139. The first-order chi connectivity index (χ1) is 14.9. The van der Waals surface area contributed by atoms with Gasteiger partial charge in [-0.05, 0) is 51.5 Å². The molecule has 2 aromatic rings. The summed E-state index contributed by atoms with van der Waals surface area (Å²) in [4.78, 5) is 27.4. The molecule has 0 spiro atoms. The van der Waals surface area contributed by atoms with Gasteiger partial charge in [-0.25, -0.2) is 8.42 Å². The van der Waals surface area contributed by atoms with Crippen molar-refractivity contribution in [1.29, 1.82) is 0 Å². The highest BCUT2D eigenvalue weighted by Gasteiger charge is 2.30. The average molecular weight is 480 g/mol. The SMILES string of the molecule is Cc1ccc(N(CC(=O)N(Cc2ccccc2Cl)[C@@H](C)C(=O)NC(C)C)S(C)(=O)=O)cc1. The normalized spacial score (nSPS) is 12.3. The third-order valence-electron chi connectivity index (χ3n) is 4.90. The van der Waals surface area contributed by atoms with E-state index in [-0.39, 0.29) is 18.5 Å². The maximum absolute atomic E-state index is 13.4. The highest BCUT2D eigenvalue weighted by atomic mass is 35.5. The fourth-order valence-electron chi connectivity index (χ4n) is 3.12. The summed E-state index contributed by atoms with van der Waals surface area (Å²) in [7, 11) is -3.75. The van der Waals surface area contributed by atoms with E-state index in [0.717, 1.165) is 16.1 Å².